The number of nitrogens with zero attached hydrogens (tertiary/aromatic N) is 2. The van der Waals surface area contributed by atoms with Crippen molar-refractivity contribution in [3.8, 4) is 0 Å². The van der Waals surface area contributed by atoms with Crippen molar-refractivity contribution in [1.29, 1.82) is 0 Å². The standard InChI is InChI=1S/C5H10N4O3/c1-2-4-7-5(6-3-12-4)8-9(10)11/h4H,2-3H2,1H3,(H2,6,7,8). The van der Waals surface area contributed by atoms with Crippen molar-refractivity contribution in [3.63, 3.8) is 0 Å². The number of rotatable bonds is 2. The van der Waals surface area contributed by atoms with Crippen LogP contribution < -0.4 is 10.6 Å². The zero-order valence-electron chi connectivity index (χ0n) is 6.61. The fraction of sp³-hybridized carbons (Fsp3) is 0.800. The molecule has 0 aromatic rings. The van der Waals surface area contributed by atoms with Gasteiger partial charge in [0.25, 0.3) is 5.96 Å². The number of hydrogen-bond acceptors (Lipinski definition) is 3. The number of guanidine groups is 1. The molecule has 1 unspecified atom stereocenters. The number of nitro groups is 1. The van der Waals surface area contributed by atoms with Crippen LogP contribution in [0.5, 0.6) is 0 Å². The fourth-order valence-corrected chi connectivity index (χ4v) is 0.822. The highest BCUT2D eigenvalue weighted by Crippen LogP contribution is 1.96. The maximum absolute atomic E-state index is 9.96. The molecule has 2 N–H and O–H groups in total. The highest BCUT2D eigenvalue weighted by atomic mass is 16.7. The Morgan fingerprint density at radius 1 is 1.92 bits per heavy atom. The Morgan fingerprint density at radius 3 is 3.25 bits per heavy atom. The highest BCUT2D eigenvalue weighted by Gasteiger charge is 2.16. The van der Waals surface area contributed by atoms with Crippen molar-refractivity contribution in [2.24, 2.45) is 5.10 Å². The van der Waals surface area contributed by atoms with Gasteiger partial charge in [0, 0.05) is 0 Å². The molecule has 1 rings (SSSR count). The molecule has 0 saturated carbocycles. The van der Waals surface area contributed by atoms with E-state index < -0.39 is 5.03 Å². The molecule has 0 aliphatic carbocycles. The second-order valence-electron chi connectivity index (χ2n) is 2.22. The molecule has 0 bridgehead atoms. The topological polar surface area (TPSA) is 88.8 Å². The average Bonchev–Trinajstić information content (AvgIpc) is 2.03. The molecular formula is C5H10N4O3. The monoisotopic (exact) mass is 174 g/mol. The predicted molar refractivity (Wildman–Crippen MR) is 40.7 cm³/mol. The van der Waals surface area contributed by atoms with Gasteiger partial charge in [0.1, 0.15) is 18.1 Å². The summed E-state index contributed by atoms with van der Waals surface area (Å²) >= 11 is 0. The molecule has 0 aromatic carbocycles. The van der Waals surface area contributed by atoms with Gasteiger partial charge in [-0.05, 0) is 6.42 Å². The van der Waals surface area contributed by atoms with Gasteiger partial charge in [-0.25, -0.2) is 10.1 Å². The lowest BCUT2D eigenvalue weighted by molar-refractivity contribution is -0.485. The average molecular weight is 174 g/mol. The Hall–Kier alpha value is -1.37. The zero-order chi connectivity index (χ0) is 8.97. The first-order valence-corrected chi connectivity index (χ1v) is 3.57. The summed E-state index contributed by atoms with van der Waals surface area (Å²) in [6.07, 6.45) is 0.545. The van der Waals surface area contributed by atoms with E-state index >= 15 is 0 Å². The lowest BCUT2D eigenvalue weighted by Gasteiger charge is -2.24. The zero-order valence-corrected chi connectivity index (χ0v) is 6.61. The van der Waals surface area contributed by atoms with Crippen molar-refractivity contribution in [1.82, 2.24) is 10.6 Å². The van der Waals surface area contributed by atoms with E-state index in [4.69, 9.17) is 4.74 Å². The van der Waals surface area contributed by atoms with E-state index in [1.54, 1.807) is 0 Å². The summed E-state index contributed by atoms with van der Waals surface area (Å²) in [5.74, 6) is 0.151. The maximum Gasteiger partial charge on any atom is 0.272 e. The van der Waals surface area contributed by atoms with Crippen LogP contribution in [0.1, 0.15) is 13.3 Å². The molecule has 0 radical (unpaired) electrons. The van der Waals surface area contributed by atoms with Crippen LogP contribution in [0.25, 0.3) is 0 Å². The van der Waals surface area contributed by atoms with E-state index in [0.29, 0.717) is 0 Å². The molecule has 68 valence electrons. The molecule has 7 heteroatoms. The number of hydrazone groups is 1. The van der Waals surface area contributed by atoms with E-state index in [1.165, 1.54) is 0 Å². The number of hydrogen-bond donors (Lipinski definition) is 2. The van der Waals surface area contributed by atoms with Gasteiger partial charge in [-0.2, -0.15) is 0 Å². The number of ether oxygens (including phenoxy) is 1. The van der Waals surface area contributed by atoms with Crippen molar-refractivity contribution >= 4 is 5.96 Å². The minimum atomic E-state index is -0.757. The molecule has 1 heterocycles. The van der Waals surface area contributed by atoms with E-state index in [-0.39, 0.29) is 18.9 Å². The van der Waals surface area contributed by atoms with Crippen LogP contribution in [-0.2, 0) is 4.74 Å². The van der Waals surface area contributed by atoms with E-state index in [9.17, 15) is 10.1 Å². The second-order valence-corrected chi connectivity index (χ2v) is 2.22. The van der Waals surface area contributed by atoms with Crippen LogP contribution in [0.3, 0.4) is 0 Å². The minimum absolute atomic E-state index is 0.151. The smallest absolute Gasteiger partial charge is 0.272 e. The Kier molecular flexibility index (Phi) is 2.81. The number of nitrogens with one attached hydrogen (secondary N) is 2. The molecule has 7 nitrogen and oxygen atoms in total. The van der Waals surface area contributed by atoms with E-state index in [0.717, 1.165) is 6.42 Å². The predicted octanol–water partition coefficient (Wildman–Crippen LogP) is -0.563. The van der Waals surface area contributed by atoms with Gasteiger partial charge in [-0.15, -0.1) is 0 Å². The largest absolute Gasteiger partial charge is 0.338 e. The van der Waals surface area contributed by atoms with Gasteiger partial charge in [0.05, 0.1) is 0 Å². The Balaban J connectivity index is 2.51. The molecule has 0 amide bonds. The lowest BCUT2D eigenvalue weighted by Crippen LogP contribution is -2.51. The van der Waals surface area contributed by atoms with Crippen molar-refractivity contribution in [2.75, 3.05) is 6.73 Å². The Morgan fingerprint density at radius 2 is 2.67 bits per heavy atom. The molecule has 0 spiro atoms. The van der Waals surface area contributed by atoms with Crippen molar-refractivity contribution < 1.29 is 9.77 Å². The van der Waals surface area contributed by atoms with Gasteiger partial charge in [-0.3, -0.25) is 0 Å². The third-order valence-corrected chi connectivity index (χ3v) is 1.37. The van der Waals surface area contributed by atoms with E-state index in [1.807, 2.05) is 6.92 Å². The summed E-state index contributed by atoms with van der Waals surface area (Å²) in [5.41, 5.74) is 0. The summed E-state index contributed by atoms with van der Waals surface area (Å²) in [6, 6.07) is 0. The molecule has 1 fully saturated rings. The summed E-state index contributed by atoms with van der Waals surface area (Å²) in [7, 11) is 0. The second kappa shape index (κ2) is 3.86. The molecule has 1 saturated heterocycles. The van der Waals surface area contributed by atoms with Crippen LogP contribution in [-0.4, -0.2) is 24.0 Å². The van der Waals surface area contributed by atoms with Gasteiger partial charge < -0.3 is 15.4 Å². The van der Waals surface area contributed by atoms with Crippen LogP contribution in [0.4, 0.5) is 0 Å². The first-order valence-electron chi connectivity index (χ1n) is 3.57. The van der Waals surface area contributed by atoms with Gasteiger partial charge in [0.2, 0.25) is 0 Å². The molecule has 1 atom stereocenters. The van der Waals surface area contributed by atoms with Gasteiger partial charge in [0.15, 0.2) is 5.03 Å². The maximum atomic E-state index is 9.96. The Labute approximate surface area is 68.9 Å². The molecule has 0 aromatic heterocycles. The summed E-state index contributed by atoms with van der Waals surface area (Å²) in [5, 5.41) is 17.6. The van der Waals surface area contributed by atoms with Crippen LogP contribution in [0.2, 0.25) is 0 Å². The molecule has 1 aliphatic heterocycles. The van der Waals surface area contributed by atoms with E-state index in [2.05, 4.69) is 15.7 Å². The van der Waals surface area contributed by atoms with Crippen molar-refractivity contribution in [2.45, 2.75) is 19.6 Å². The summed E-state index contributed by atoms with van der Waals surface area (Å²) in [6.45, 7) is 2.16. The summed E-state index contributed by atoms with van der Waals surface area (Å²) < 4.78 is 5.11. The lowest BCUT2D eigenvalue weighted by atomic mass is 10.4. The van der Waals surface area contributed by atoms with Crippen molar-refractivity contribution in [3.05, 3.63) is 10.1 Å². The highest BCUT2D eigenvalue weighted by molar-refractivity contribution is 5.79. The summed E-state index contributed by atoms with van der Waals surface area (Å²) in [4.78, 5) is 9.96. The fourth-order valence-electron chi connectivity index (χ4n) is 0.822. The normalized spacial score (nSPS) is 26.1. The van der Waals surface area contributed by atoms with Crippen LogP contribution >= 0.6 is 0 Å². The van der Waals surface area contributed by atoms with Gasteiger partial charge in [-0.1, -0.05) is 6.92 Å². The quantitative estimate of drug-likeness (QED) is 0.432. The first kappa shape index (κ1) is 8.72. The van der Waals surface area contributed by atoms with Crippen LogP contribution in [0.15, 0.2) is 5.10 Å². The van der Waals surface area contributed by atoms with Crippen LogP contribution in [0, 0.1) is 10.1 Å². The molecule has 1 aliphatic rings. The SMILES string of the molecule is CCC1NC(=N[N+](=O)[O-])NCO1. The molecule has 12 heavy (non-hydrogen) atoms. The third-order valence-electron chi connectivity index (χ3n) is 1.37. The third kappa shape index (κ3) is 2.35. The Bertz CT molecular complexity index is 205. The van der Waals surface area contributed by atoms with Gasteiger partial charge >= 0.3 is 0 Å². The molecular weight excluding hydrogens is 164 g/mol. The minimum Gasteiger partial charge on any atom is -0.338 e. The first-order chi connectivity index (χ1) is 5.72.